The summed E-state index contributed by atoms with van der Waals surface area (Å²) in [4.78, 5) is 24.5. The van der Waals surface area contributed by atoms with Crippen molar-refractivity contribution in [1.29, 1.82) is 0 Å². The van der Waals surface area contributed by atoms with E-state index < -0.39 is 0 Å². The van der Waals surface area contributed by atoms with E-state index in [2.05, 4.69) is 10.6 Å². The van der Waals surface area contributed by atoms with E-state index in [1.807, 2.05) is 18.4 Å². The first-order chi connectivity index (χ1) is 10.4. The number of aryl methyl sites for hydroxylation is 1. The van der Waals surface area contributed by atoms with Gasteiger partial charge in [0, 0.05) is 11.6 Å². The van der Waals surface area contributed by atoms with E-state index in [1.165, 1.54) is 11.3 Å². The molecule has 4 nitrogen and oxygen atoms in total. The molecule has 6 heteroatoms. The Hall–Kier alpha value is -1.85. The van der Waals surface area contributed by atoms with Crippen molar-refractivity contribution in [2.75, 3.05) is 10.6 Å². The highest BCUT2D eigenvalue weighted by Crippen LogP contribution is 2.27. The molecule has 0 spiro atoms. The molecule has 1 aromatic heterocycles. The van der Waals surface area contributed by atoms with Gasteiger partial charge in [0.15, 0.2) is 0 Å². The van der Waals surface area contributed by atoms with E-state index in [-0.39, 0.29) is 17.7 Å². The summed E-state index contributed by atoms with van der Waals surface area (Å²) >= 11 is 7.55. The number of benzene rings is 1. The Bertz CT molecular complexity index is 710. The zero-order valence-electron chi connectivity index (χ0n) is 12.6. The van der Waals surface area contributed by atoms with Crippen molar-refractivity contribution in [2.24, 2.45) is 5.92 Å². The number of hydrogen-bond acceptors (Lipinski definition) is 3. The monoisotopic (exact) mass is 336 g/mol. The maximum absolute atomic E-state index is 12.1. The van der Waals surface area contributed by atoms with E-state index >= 15 is 0 Å². The molecule has 0 fully saturated rings. The van der Waals surface area contributed by atoms with Crippen molar-refractivity contribution in [1.82, 2.24) is 0 Å². The molecule has 2 amide bonds. The molecule has 2 aromatic rings. The first-order valence-electron chi connectivity index (χ1n) is 6.84. The summed E-state index contributed by atoms with van der Waals surface area (Å²) in [5, 5.41) is 7.81. The maximum atomic E-state index is 12.1. The molecule has 0 aliphatic rings. The Balaban J connectivity index is 2.11. The van der Waals surface area contributed by atoms with Crippen molar-refractivity contribution in [3.05, 3.63) is 45.1 Å². The largest absolute Gasteiger partial charge is 0.325 e. The van der Waals surface area contributed by atoms with Gasteiger partial charge in [0.2, 0.25) is 5.91 Å². The van der Waals surface area contributed by atoms with Gasteiger partial charge in [-0.05, 0) is 42.1 Å². The van der Waals surface area contributed by atoms with Crippen molar-refractivity contribution in [2.45, 2.75) is 20.8 Å². The number of carbonyl (C=O) groups is 2. The fraction of sp³-hybridized carbons (Fsp3) is 0.250. The molecule has 0 atom stereocenters. The van der Waals surface area contributed by atoms with Gasteiger partial charge in [-0.3, -0.25) is 9.59 Å². The Morgan fingerprint density at radius 2 is 1.91 bits per heavy atom. The maximum Gasteiger partial charge on any atom is 0.265 e. The zero-order valence-corrected chi connectivity index (χ0v) is 14.1. The van der Waals surface area contributed by atoms with E-state index in [9.17, 15) is 9.59 Å². The minimum atomic E-state index is -0.164. The molecule has 0 aliphatic heterocycles. The zero-order chi connectivity index (χ0) is 16.3. The van der Waals surface area contributed by atoms with E-state index in [0.717, 1.165) is 5.56 Å². The second-order valence-electron chi connectivity index (χ2n) is 5.23. The van der Waals surface area contributed by atoms with Gasteiger partial charge in [-0.1, -0.05) is 25.4 Å². The first kappa shape index (κ1) is 16.5. The van der Waals surface area contributed by atoms with Crippen molar-refractivity contribution in [3.8, 4) is 0 Å². The van der Waals surface area contributed by atoms with Gasteiger partial charge in [0.1, 0.15) is 0 Å². The fourth-order valence-corrected chi connectivity index (χ4v) is 2.81. The molecule has 2 rings (SSSR count). The average molecular weight is 337 g/mol. The molecule has 0 bridgehead atoms. The number of rotatable bonds is 4. The number of anilines is 2. The Labute approximate surface area is 138 Å². The van der Waals surface area contributed by atoms with Crippen molar-refractivity contribution in [3.63, 3.8) is 0 Å². The van der Waals surface area contributed by atoms with Crippen molar-refractivity contribution < 1.29 is 9.59 Å². The highest BCUT2D eigenvalue weighted by Gasteiger charge is 2.13. The third kappa shape index (κ3) is 3.87. The van der Waals surface area contributed by atoms with Crippen LogP contribution in [0.4, 0.5) is 11.4 Å². The SMILES string of the molecule is Cc1ccsc1C(=O)Nc1ccc(NC(=O)C(C)C)c(Cl)c1. The molecule has 0 radical (unpaired) electrons. The van der Waals surface area contributed by atoms with Crippen LogP contribution in [0.5, 0.6) is 0 Å². The Morgan fingerprint density at radius 1 is 1.18 bits per heavy atom. The van der Waals surface area contributed by atoms with Crippen LogP contribution in [-0.4, -0.2) is 11.8 Å². The lowest BCUT2D eigenvalue weighted by Crippen LogP contribution is -2.18. The molecule has 1 heterocycles. The van der Waals surface area contributed by atoms with E-state index in [0.29, 0.717) is 21.3 Å². The lowest BCUT2D eigenvalue weighted by Gasteiger charge is -2.11. The summed E-state index contributed by atoms with van der Waals surface area (Å²) in [5.41, 5.74) is 2.06. The van der Waals surface area contributed by atoms with Gasteiger partial charge >= 0.3 is 0 Å². The van der Waals surface area contributed by atoms with Crippen LogP contribution >= 0.6 is 22.9 Å². The summed E-state index contributed by atoms with van der Waals surface area (Å²) < 4.78 is 0. The Morgan fingerprint density at radius 3 is 2.45 bits per heavy atom. The number of amides is 2. The normalized spacial score (nSPS) is 10.6. The van der Waals surface area contributed by atoms with Crippen LogP contribution < -0.4 is 10.6 Å². The standard InChI is InChI=1S/C16H17ClN2O2S/c1-9(2)15(20)19-13-5-4-11(8-12(13)17)18-16(21)14-10(3)6-7-22-14/h4-9H,1-3H3,(H,18,21)(H,19,20). The first-order valence-corrected chi connectivity index (χ1v) is 8.10. The van der Waals surface area contributed by atoms with Crippen LogP contribution in [0.1, 0.15) is 29.1 Å². The lowest BCUT2D eigenvalue weighted by molar-refractivity contribution is -0.118. The Kier molecular flexibility index (Phi) is 5.21. The third-order valence-electron chi connectivity index (χ3n) is 3.08. The van der Waals surface area contributed by atoms with Crippen LogP contribution in [-0.2, 0) is 4.79 Å². The quantitative estimate of drug-likeness (QED) is 0.860. The molecular weight excluding hydrogens is 320 g/mol. The molecule has 116 valence electrons. The smallest absolute Gasteiger partial charge is 0.265 e. The second kappa shape index (κ2) is 6.94. The van der Waals surface area contributed by atoms with Gasteiger partial charge < -0.3 is 10.6 Å². The molecule has 0 saturated heterocycles. The lowest BCUT2D eigenvalue weighted by atomic mass is 10.2. The summed E-state index contributed by atoms with van der Waals surface area (Å²) in [6, 6.07) is 6.91. The van der Waals surface area contributed by atoms with Crippen LogP contribution in [0.2, 0.25) is 5.02 Å². The van der Waals surface area contributed by atoms with Gasteiger partial charge in [-0.2, -0.15) is 0 Å². The molecular formula is C16H17ClN2O2S. The molecule has 22 heavy (non-hydrogen) atoms. The van der Waals surface area contributed by atoms with Gasteiger partial charge in [0.25, 0.3) is 5.91 Å². The minimum absolute atomic E-state index is 0.104. The number of hydrogen-bond donors (Lipinski definition) is 2. The summed E-state index contributed by atoms with van der Waals surface area (Å²) in [6.45, 7) is 5.51. The van der Waals surface area contributed by atoms with Gasteiger partial charge in [0.05, 0.1) is 15.6 Å². The van der Waals surface area contributed by atoms with Crippen LogP contribution in [0.15, 0.2) is 29.6 Å². The van der Waals surface area contributed by atoms with Crippen molar-refractivity contribution >= 4 is 46.1 Å². The second-order valence-corrected chi connectivity index (χ2v) is 6.55. The van der Waals surface area contributed by atoms with E-state index in [1.54, 1.807) is 32.0 Å². The predicted molar refractivity (Wildman–Crippen MR) is 91.9 cm³/mol. The summed E-state index contributed by atoms with van der Waals surface area (Å²) in [7, 11) is 0. The fourth-order valence-electron chi connectivity index (χ4n) is 1.76. The summed E-state index contributed by atoms with van der Waals surface area (Å²) in [6.07, 6.45) is 0. The number of thiophene rings is 1. The van der Waals surface area contributed by atoms with Crippen LogP contribution in [0.25, 0.3) is 0 Å². The molecule has 0 saturated carbocycles. The number of nitrogens with one attached hydrogen (secondary N) is 2. The van der Waals surface area contributed by atoms with E-state index in [4.69, 9.17) is 11.6 Å². The minimum Gasteiger partial charge on any atom is -0.325 e. The molecule has 2 N–H and O–H groups in total. The van der Waals surface area contributed by atoms with Crippen LogP contribution in [0.3, 0.4) is 0 Å². The molecule has 0 unspecified atom stereocenters. The summed E-state index contributed by atoms with van der Waals surface area (Å²) in [5.74, 6) is -0.396. The highest BCUT2D eigenvalue weighted by molar-refractivity contribution is 7.12. The third-order valence-corrected chi connectivity index (χ3v) is 4.41. The number of halogens is 1. The van der Waals surface area contributed by atoms with Crippen LogP contribution in [0, 0.1) is 12.8 Å². The van der Waals surface area contributed by atoms with Gasteiger partial charge in [-0.25, -0.2) is 0 Å². The predicted octanol–water partition coefficient (Wildman–Crippen LogP) is 4.56. The molecule has 1 aromatic carbocycles. The topological polar surface area (TPSA) is 58.2 Å². The average Bonchev–Trinajstić information content (AvgIpc) is 2.87. The number of carbonyl (C=O) groups excluding carboxylic acids is 2. The highest BCUT2D eigenvalue weighted by atomic mass is 35.5. The molecule has 0 aliphatic carbocycles. The van der Waals surface area contributed by atoms with Gasteiger partial charge in [-0.15, -0.1) is 11.3 Å².